The fourth-order valence-electron chi connectivity index (χ4n) is 2.26. The normalized spacial score (nSPS) is 20.3. The van der Waals surface area contributed by atoms with E-state index in [0.29, 0.717) is 6.42 Å². The minimum atomic E-state index is -0.400. The van der Waals surface area contributed by atoms with E-state index in [1.165, 1.54) is 7.11 Å². The maximum atomic E-state index is 11.7. The van der Waals surface area contributed by atoms with Gasteiger partial charge in [-0.1, -0.05) is 27.7 Å². The third-order valence-corrected chi connectivity index (χ3v) is 3.12. The van der Waals surface area contributed by atoms with E-state index in [-0.39, 0.29) is 23.1 Å². The van der Waals surface area contributed by atoms with E-state index in [2.05, 4.69) is 19.2 Å². The number of carbonyl (C=O) groups is 2. The fourth-order valence-corrected chi connectivity index (χ4v) is 2.26. The number of rotatable bonds is 4. The van der Waals surface area contributed by atoms with Crippen LogP contribution in [-0.4, -0.2) is 24.9 Å². The second-order valence-corrected chi connectivity index (χ2v) is 6.04. The standard InChI is InChI=1S/C14H23NO3/c1-9(2)12(13(17)18-5)15-10-6-11(16)8-14(3,4)7-10/h6,9,12,15H,7-8H2,1-5H3/t12-/m0/s1. The van der Waals surface area contributed by atoms with Gasteiger partial charge in [-0.15, -0.1) is 0 Å². The molecule has 0 fully saturated rings. The molecule has 102 valence electrons. The van der Waals surface area contributed by atoms with Crippen molar-refractivity contribution in [2.24, 2.45) is 11.3 Å². The summed E-state index contributed by atoms with van der Waals surface area (Å²) in [5, 5.41) is 3.16. The molecule has 0 aromatic carbocycles. The summed E-state index contributed by atoms with van der Waals surface area (Å²) in [6.45, 7) is 8.01. The van der Waals surface area contributed by atoms with Gasteiger partial charge in [0.2, 0.25) is 0 Å². The highest BCUT2D eigenvalue weighted by molar-refractivity contribution is 5.91. The number of hydrogen-bond donors (Lipinski definition) is 1. The van der Waals surface area contributed by atoms with Crippen LogP contribution in [0.3, 0.4) is 0 Å². The van der Waals surface area contributed by atoms with Crippen LogP contribution in [0.5, 0.6) is 0 Å². The Bertz CT molecular complexity index is 369. The van der Waals surface area contributed by atoms with E-state index in [1.807, 2.05) is 13.8 Å². The van der Waals surface area contributed by atoms with Gasteiger partial charge in [0.25, 0.3) is 0 Å². The highest BCUT2D eigenvalue weighted by atomic mass is 16.5. The quantitative estimate of drug-likeness (QED) is 0.779. The van der Waals surface area contributed by atoms with Gasteiger partial charge in [-0.05, 0) is 17.8 Å². The second-order valence-electron chi connectivity index (χ2n) is 6.04. The molecule has 4 nitrogen and oxygen atoms in total. The lowest BCUT2D eigenvalue weighted by molar-refractivity contribution is -0.144. The van der Waals surface area contributed by atoms with Gasteiger partial charge in [0.15, 0.2) is 5.78 Å². The summed E-state index contributed by atoms with van der Waals surface area (Å²) < 4.78 is 4.78. The van der Waals surface area contributed by atoms with Crippen molar-refractivity contribution in [1.29, 1.82) is 0 Å². The van der Waals surface area contributed by atoms with Gasteiger partial charge in [-0.3, -0.25) is 4.79 Å². The van der Waals surface area contributed by atoms with Crippen molar-refractivity contribution in [1.82, 2.24) is 5.32 Å². The molecule has 18 heavy (non-hydrogen) atoms. The van der Waals surface area contributed by atoms with Crippen LogP contribution in [0.2, 0.25) is 0 Å². The number of ether oxygens (including phenoxy) is 1. The van der Waals surface area contributed by atoms with Crippen LogP contribution in [0.4, 0.5) is 0 Å². The maximum absolute atomic E-state index is 11.7. The molecule has 1 atom stereocenters. The van der Waals surface area contributed by atoms with Crippen molar-refractivity contribution in [3.8, 4) is 0 Å². The number of carbonyl (C=O) groups excluding carboxylic acids is 2. The molecule has 0 radical (unpaired) electrons. The van der Waals surface area contributed by atoms with Crippen molar-refractivity contribution in [2.75, 3.05) is 7.11 Å². The molecule has 1 aliphatic rings. The molecule has 0 saturated heterocycles. The van der Waals surface area contributed by atoms with Crippen molar-refractivity contribution in [2.45, 2.75) is 46.6 Å². The Balaban J connectivity index is 2.81. The van der Waals surface area contributed by atoms with Crippen LogP contribution in [0.25, 0.3) is 0 Å². The Morgan fingerprint density at radius 2 is 2.00 bits per heavy atom. The fraction of sp³-hybridized carbons (Fsp3) is 0.714. The van der Waals surface area contributed by atoms with Gasteiger partial charge in [-0.25, -0.2) is 4.79 Å². The van der Waals surface area contributed by atoms with E-state index in [9.17, 15) is 9.59 Å². The first-order chi connectivity index (χ1) is 8.25. The van der Waals surface area contributed by atoms with Crippen molar-refractivity contribution in [3.05, 3.63) is 11.8 Å². The number of nitrogens with one attached hydrogen (secondary N) is 1. The van der Waals surface area contributed by atoms with Gasteiger partial charge in [0.05, 0.1) is 7.11 Å². The van der Waals surface area contributed by atoms with Crippen LogP contribution < -0.4 is 5.32 Å². The van der Waals surface area contributed by atoms with E-state index in [4.69, 9.17) is 4.74 Å². The molecule has 0 aromatic rings. The molecule has 0 amide bonds. The SMILES string of the molecule is COC(=O)[C@@H](NC1=CC(=O)CC(C)(C)C1)C(C)C. The molecule has 1 aliphatic carbocycles. The Morgan fingerprint density at radius 3 is 2.44 bits per heavy atom. The lowest BCUT2D eigenvalue weighted by Crippen LogP contribution is -2.43. The summed E-state index contributed by atoms with van der Waals surface area (Å²) >= 11 is 0. The Hall–Kier alpha value is -1.32. The zero-order valence-electron chi connectivity index (χ0n) is 11.9. The molecule has 0 spiro atoms. The molecule has 0 saturated carbocycles. The second kappa shape index (κ2) is 5.55. The number of esters is 1. The summed E-state index contributed by atoms with van der Waals surface area (Å²) in [6.07, 6.45) is 2.95. The molecular formula is C14H23NO3. The van der Waals surface area contributed by atoms with Crippen molar-refractivity contribution >= 4 is 11.8 Å². The Kier molecular flexibility index (Phi) is 4.54. The van der Waals surface area contributed by atoms with Gasteiger partial charge >= 0.3 is 5.97 Å². The third-order valence-electron chi connectivity index (χ3n) is 3.12. The van der Waals surface area contributed by atoms with Crippen molar-refractivity contribution < 1.29 is 14.3 Å². The van der Waals surface area contributed by atoms with E-state index in [1.54, 1.807) is 6.08 Å². The largest absolute Gasteiger partial charge is 0.467 e. The smallest absolute Gasteiger partial charge is 0.328 e. The average molecular weight is 253 g/mol. The topological polar surface area (TPSA) is 55.4 Å². The molecule has 0 heterocycles. The number of hydrogen-bond acceptors (Lipinski definition) is 4. The summed E-state index contributed by atoms with van der Waals surface area (Å²) in [5.41, 5.74) is 0.784. The lowest BCUT2D eigenvalue weighted by atomic mass is 9.78. The first-order valence-electron chi connectivity index (χ1n) is 6.33. The van der Waals surface area contributed by atoms with Gasteiger partial charge in [0.1, 0.15) is 6.04 Å². The highest BCUT2D eigenvalue weighted by Crippen LogP contribution is 2.32. The van der Waals surface area contributed by atoms with Crippen LogP contribution in [-0.2, 0) is 14.3 Å². The van der Waals surface area contributed by atoms with E-state index < -0.39 is 6.04 Å². The molecule has 1 N–H and O–H groups in total. The zero-order valence-corrected chi connectivity index (χ0v) is 11.9. The lowest BCUT2D eigenvalue weighted by Gasteiger charge is -2.31. The zero-order chi connectivity index (χ0) is 13.9. The maximum Gasteiger partial charge on any atom is 0.328 e. The molecule has 1 rings (SSSR count). The van der Waals surface area contributed by atoms with Gasteiger partial charge in [-0.2, -0.15) is 0 Å². The van der Waals surface area contributed by atoms with Crippen LogP contribution >= 0.6 is 0 Å². The number of allylic oxidation sites excluding steroid dienone is 2. The molecule has 4 heteroatoms. The summed E-state index contributed by atoms with van der Waals surface area (Å²) in [6, 6.07) is -0.400. The minimum absolute atomic E-state index is 0.0498. The number of ketones is 1. The summed E-state index contributed by atoms with van der Waals surface area (Å²) in [7, 11) is 1.38. The monoisotopic (exact) mass is 253 g/mol. The summed E-state index contributed by atoms with van der Waals surface area (Å²) in [4.78, 5) is 23.3. The van der Waals surface area contributed by atoms with Crippen LogP contribution in [0.1, 0.15) is 40.5 Å². The molecule has 0 aliphatic heterocycles. The first-order valence-corrected chi connectivity index (χ1v) is 6.33. The number of methoxy groups -OCH3 is 1. The highest BCUT2D eigenvalue weighted by Gasteiger charge is 2.30. The van der Waals surface area contributed by atoms with Gasteiger partial charge in [0, 0.05) is 18.2 Å². The van der Waals surface area contributed by atoms with E-state index >= 15 is 0 Å². The van der Waals surface area contributed by atoms with Crippen molar-refractivity contribution in [3.63, 3.8) is 0 Å². The predicted molar refractivity (Wildman–Crippen MR) is 69.9 cm³/mol. The first kappa shape index (κ1) is 14.7. The molecule has 0 aromatic heterocycles. The van der Waals surface area contributed by atoms with Crippen LogP contribution in [0, 0.1) is 11.3 Å². The molecule has 0 unspecified atom stereocenters. The Labute approximate surface area is 109 Å². The van der Waals surface area contributed by atoms with Gasteiger partial charge < -0.3 is 10.1 Å². The van der Waals surface area contributed by atoms with Crippen LogP contribution in [0.15, 0.2) is 11.8 Å². The third kappa shape index (κ3) is 3.86. The van der Waals surface area contributed by atoms with E-state index in [0.717, 1.165) is 12.1 Å². The molecular weight excluding hydrogens is 230 g/mol. The Morgan fingerprint density at radius 1 is 1.39 bits per heavy atom. The molecule has 0 bridgehead atoms. The minimum Gasteiger partial charge on any atom is -0.467 e. The predicted octanol–water partition coefficient (Wildman–Crippen LogP) is 2.05. The summed E-state index contributed by atoms with van der Waals surface area (Å²) in [5.74, 6) is -0.0682. The average Bonchev–Trinajstić information content (AvgIpc) is 2.21.